The number of guanidine groups is 1. The van der Waals surface area contributed by atoms with Crippen molar-refractivity contribution in [2.75, 3.05) is 34.9 Å². The van der Waals surface area contributed by atoms with Gasteiger partial charge in [0.25, 0.3) is 0 Å². The molecule has 0 unspecified atom stereocenters. The Labute approximate surface area is 178 Å². The van der Waals surface area contributed by atoms with Crippen LogP contribution < -0.4 is 24.8 Å². The maximum absolute atomic E-state index is 5.39. The van der Waals surface area contributed by atoms with Gasteiger partial charge < -0.3 is 24.8 Å². The first-order valence-corrected chi connectivity index (χ1v) is 8.49. The third-order valence-corrected chi connectivity index (χ3v) is 3.96. The molecule has 0 aromatic heterocycles. The smallest absolute Gasteiger partial charge is 0.203 e. The average Bonchev–Trinajstić information content (AvgIpc) is 2.70. The second kappa shape index (κ2) is 12.3. The van der Waals surface area contributed by atoms with E-state index in [2.05, 4.69) is 27.8 Å². The highest BCUT2D eigenvalue weighted by Gasteiger charge is 2.13. The molecule has 0 aliphatic heterocycles. The number of halogens is 1. The van der Waals surface area contributed by atoms with E-state index in [1.54, 1.807) is 28.4 Å². The lowest BCUT2D eigenvalue weighted by Crippen LogP contribution is -2.37. The third kappa shape index (κ3) is 6.82. The summed E-state index contributed by atoms with van der Waals surface area (Å²) in [6.07, 6.45) is 0.936. The summed E-state index contributed by atoms with van der Waals surface area (Å²) >= 11 is 0. The SMILES string of the molecule is CN=C(NCCc1ccccc1)NCc1cc(OC)c(OC)c(OC)c1.I. The Bertz CT molecular complexity index is 699. The van der Waals surface area contributed by atoms with E-state index in [0.717, 1.165) is 24.5 Å². The van der Waals surface area contributed by atoms with Crippen LogP contribution >= 0.6 is 24.0 Å². The van der Waals surface area contributed by atoms with Crippen LogP contribution in [-0.2, 0) is 13.0 Å². The zero-order valence-corrected chi connectivity index (χ0v) is 18.6. The van der Waals surface area contributed by atoms with Crippen LogP contribution in [0.3, 0.4) is 0 Å². The predicted octanol–water partition coefficient (Wildman–Crippen LogP) is 3.24. The molecule has 0 saturated carbocycles. The molecule has 27 heavy (non-hydrogen) atoms. The van der Waals surface area contributed by atoms with Gasteiger partial charge in [-0.1, -0.05) is 30.3 Å². The fourth-order valence-electron chi connectivity index (χ4n) is 2.61. The lowest BCUT2D eigenvalue weighted by molar-refractivity contribution is 0.323. The van der Waals surface area contributed by atoms with Crippen molar-refractivity contribution in [2.24, 2.45) is 4.99 Å². The number of benzene rings is 2. The molecule has 2 rings (SSSR count). The molecule has 2 aromatic rings. The molecule has 148 valence electrons. The topological polar surface area (TPSA) is 64.1 Å². The van der Waals surface area contributed by atoms with E-state index in [4.69, 9.17) is 14.2 Å². The Hall–Kier alpha value is -2.16. The summed E-state index contributed by atoms with van der Waals surface area (Å²) in [7, 11) is 6.57. The molecule has 0 aliphatic rings. The number of aliphatic imine (C=N–C) groups is 1. The molecule has 0 aliphatic carbocycles. The van der Waals surface area contributed by atoms with E-state index in [-0.39, 0.29) is 24.0 Å². The minimum absolute atomic E-state index is 0. The zero-order chi connectivity index (χ0) is 18.8. The molecule has 0 heterocycles. The first-order valence-electron chi connectivity index (χ1n) is 8.49. The van der Waals surface area contributed by atoms with Gasteiger partial charge in [-0.25, -0.2) is 0 Å². The zero-order valence-electron chi connectivity index (χ0n) is 16.2. The summed E-state index contributed by atoms with van der Waals surface area (Å²) in [5, 5.41) is 6.62. The fraction of sp³-hybridized carbons (Fsp3) is 0.350. The van der Waals surface area contributed by atoms with Gasteiger partial charge >= 0.3 is 0 Å². The van der Waals surface area contributed by atoms with Crippen molar-refractivity contribution < 1.29 is 14.2 Å². The second-order valence-corrected chi connectivity index (χ2v) is 5.62. The summed E-state index contributed by atoms with van der Waals surface area (Å²) in [4.78, 5) is 4.26. The predicted molar refractivity (Wildman–Crippen MR) is 120 cm³/mol. The van der Waals surface area contributed by atoms with E-state index in [9.17, 15) is 0 Å². The molecule has 0 radical (unpaired) electrons. The van der Waals surface area contributed by atoms with E-state index in [1.165, 1.54) is 5.56 Å². The summed E-state index contributed by atoms with van der Waals surface area (Å²) in [6.45, 7) is 1.39. The minimum Gasteiger partial charge on any atom is -0.493 e. The van der Waals surface area contributed by atoms with E-state index in [1.807, 2.05) is 30.3 Å². The first kappa shape index (κ1) is 22.9. The summed E-state index contributed by atoms with van der Waals surface area (Å²) < 4.78 is 16.1. The number of nitrogens with zero attached hydrogens (tertiary/aromatic N) is 1. The van der Waals surface area contributed by atoms with Crippen LogP contribution in [0.5, 0.6) is 17.2 Å². The second-order valence-electron chi connectivity index (χ2n) is 5.62. The molecule has 0 atom stereocenters. The minimum atomic E-state index is 0. The van der Waals surface area contributed by atoms with Gasteiger partial charge in [0.2, 0.25) is 5.75 Å². The molecule has 0 saturated heterocycles. The fourth-order valence-corrected chi connectivity index (χ4v) is 2.61. The standard InChI is InChI=1S/C20H27N3O3.HI/c1-21-20(22-11-10-15-8-6-5-7-9-15)23-14-16-12-17(24-2)19(26-4)18(13-16)25-3;/h5-9,12-13H,10-11,14H2,1-4H3,(H2,21,22,23);1H. The average molecular weight is 485 g/mol. The van der Waals surface area contributed by atoms with Crippen LogP contribution in [0.15, 0.2) is 47.5 Å². The van der Waals surface area contributed by atoms with E-state index < -0.39 is 0 Å². The van der Waals surface area contributed by atoms with Crippen molar-refractivity contribution in [3.05, 3.63) is 53.6 Å². The Morgan fingerprint density at radius 3 is 2.04 bits per heavy atom. The molecule has 0 spiro atoms. The van der Waals surface area contributed by atoms with Gasteiger partial charge in [0.05, 0.1) is 21.3 Å². The van der Waals surface area contributed by atoms with Crippen molar-refractivity contribution >= 4 is 29.9 Å². The van der Waals surface area contributed by atoms with Crippen LogP contribution in [0.4, 0.5) is 0 Å². The highest BCUT2D eigenvalue weighted by molar-refractivity contribution is 14.0. The Morgan fingerprint density at radius 2 is 1.52 bits per heavy atom. The van der Waals surface area contributed by atoms with Gasteiger partial charge in [0.15, 0.2) is 17.5 Å². The molecule has 7 heteroatoms. The molecule has 2 N–H and O–H groups in total. The highest BCUT2D eigenvalue weighted by atomic mass is 127. The first-order chi connectivity index (χ1) is 12.7. The lowest BCUT2D eigenvalue weighted by Gasteiger charge is -2.16. The monoisotopic (exact) mass is 485 g/mol. The number of hydrogen-bond donors (Lipinski definition) is 2. The Balaban J connectivity index is 0.00000364. The third-order valence-electron chi connectivity index (χ3n) is 3.96. The van der Waals surface area contributed by atoms with Gasteiger partial charge in [-0.15, -0.1) is 24.0 Å². The molecular weight excluding hydrogens is 457 g/mol. The molecule has 6 nitrogen and oxygen atoms in total. The lowest BCUT2D eigenvalue weighted by atomic mass is 10.1. The van der Waals surface area contributed by atoms with Crippen LogP contribution in [0, 0.1) is 0 Å². The maximum atomic E-state index is 5.39. The van der Waals surface area contributed by atoms with E-state index >= 15 is 0 Å². The van der Waals surface area contributed by atoms with Gasteiger partial charge in [-0.05, 0) is 29.7 Å². The summed E-state index contributed by atoms with van der Waals surface area (Å²) in [5.41, 5.74) is 2.30. The number of methoxy groups -OCH3 is 3. The molecule has 2 aromatic carbocycles. The summed E-state index contributed by atoms with van der Waals surface area (Å²) in [6, 6.07) is 14.2. The number of ether oxygens (including phenoxy) is 3. The molecule has 0 fully saturated rings. The van der Waals surface area contributed by atoms with Crippen LogP contribution in [0.1, 0.15) is 11.1 Å². The van der Waals surface area contributed by atoms with Gasteiger partial charge in [0.1, 0.15) is 0 Å². The Morgan fingerprint density at radius 1 is 0.889 bits per heavy atom. The number of hydrogen-bond acceptors (Lipinski definition) is 4. The molecular formula is C20H28IN3O3. The number of nitrogens with one attached hydrogen (secondary N) is 2. The van der Waals surface area contributed by atoms with Crippen molar-refractivity contribution in [1.29, 1.82) is 0 Å². The largest absolute Gasteiger partial charge is 0.493 e. The molecule has 0 bridgehead atoms. The van der Waals surface area contributed by atoms with Crippen molar-refractivity contribution in [1.82, 2.24) is 10.6 Å². The van der Waals surface area contributed by atoms with Crippen molar-refractivity contribution in [2.45, 2.75) is 13.0 Å². The quantitative estimate of drug-likeness (QED) is 0.342. The van der Waals surface area contributed by atoms with Crippen LogP contribution in [0.2, 0.25) is 0 Å². The van der Waals surface area contributed by atoms with Crippen molar-refractivity contribution in [3.63, 3.8) is 0 Å². The van der Waals surface area contributed by atoms with Gasteiger partial charge in [-0.3, -0.25) is 4.99 Å². The molecule has 0 amide bonds. The van der Waals surface area contributed by atoms with Crippen LogP contribution in [0.25, 0.3) is 0 Å². The van der Waals surface area contributed by atoms with Gasteiger partial charge in [-0.2, -0.15) is 0 Å². The van der Waals surface area contributed by atoms with E-state index in [0.29, 0.717) is 23.8 Å². The Kier molecular flexibility index (Phi) is 10.4. The maximum Gasteiger partial charge on any atom is 0.203 e. The van der Waals surface area contributed by atoms with Crippen LogP contribution in [-0.4, -0.2) is 40.9 Å². The highest BCUT2D eigenvalue weighted by Crippen LogP contribution is 2.38. The van der Waals surface area contributed by atoms with Gasteiger partial charge in [0, 0.05) is 20.1 Å². The number of rotatable bonds is 8. The normalized spacial score (nSPS) is 10.6. The summed E-state index contributed by atoms with van der Waals surface area (Å²) in [5.74, 6) is 2.60. The van der Waals surface area contributed by atoms with Crippen molar-refractivity contribution in [3.8, 4) is 17.2 Å².